The number of hydrogen-bond acceptors (Lipinski definition) is 6. The SMILES string of the molecule is COCCOC(=O)OCOP(=O)(O)O. The number of hydrogen-bond donors (Lipinski definition) is 2. The third kappa shape index (κ3) is 9.43. The first kappa shape index (κ1) is 13.3. The monoisotopic (exact) mass is 230 g/mol. The molecule has 0 bridgehead atoms. The number of phosphoric ester groups is 1. The van der Waals surface area contributed by atoms with E-state index in [-0.39, 0.29) is 13.2 Å². The first-order valence-electron chi connectivity index (χ1n) is 3.44. The maximum absolute atomic E-state index is 10.6. The van der Waals surface area contributed by atoms with Gasteiger partial charge < -0.3 is 24.0 Å². The normalized spacial score (nSPS) is 11.1. The fourth-order valence-corrected chi connectivity index (χ4v) is 0.583. The zero-order chi connectivity index (χ0) is 11.0. The summed E-state index contributed by atoms with van der Waals surface area (Å²) in [6.45, 7) is -0.671. The molecule has 9 heteroatoms. The van der Waals surface area contributed by atoms with Crippen molar-refractivity contribution in [2.45, 2.75) is 0 Å². The second-order valence-electron chi connectivity index (χ2n) is 1.97. The Kier molecular flexibility index (Phi) is 6.43. The van der Waals surface area contributed by atoms with Crippen LogP contribution in [0, 0.1) is 0 Å². The second kappa shape index (κ2) is 6.74. The standard InChI is InChI=1S/C5H11O8P/c1-10-2-3-11-5(6)12-4-13-14(7,8)9/h2-4H2,1H3,(H2,7,8,9). The molecule has 0 radical (unpaired) electrons. The molecule has 0 aromatic heterocycles. The van der Waals surface area contributed by atoms with Crippen LogP contribution in [0.1, 0.15) is 0 Å². The molecule has 0 aliphatic heterocycles. The number of carbonyl (C=O) groups is 1. The maximum Gasteiger partial charge on any atom is 0.510 e. The Balaban J connectivity index is 3.41. The molecule has 0 saturated heterocycles. The zero-order valence-electron chi connectivity index (χ0n) is 7.41. The summed E-state index contributed by atoms with van der Waals surface area (Å²) >= 11 is 0. The van der Waals surface area contributed by atoms with Crippen molar-refractivity contribution >= 4 is 14.0 Å². The Labute approximate surface area is 80.0 Å². The maximum atomic E-state index is 10.6. The molecule has 0 aromatic carbocycles. The number of rotatable bonds is 6. The third-order valence-electron chi connectivity index (χ3n) is 0.905. The van der Waals surface area contributed by atoms with Crippen LogP contribution in [0.4, 0.5) is 4.79 Å². The molecule has 2 N–H and O–H groups in total. The van der Waals surface area contributed by atoms with Crippen LogP contribution in [0.15, 0.2) is 0 Å². The summed E-state index contributed by atoms with van der Waals surface area (Å²) in [5, 5.41) is 0. The molecule has 0 rings (SSSR count). The minimum absolute atomic E-state index is 0.00869. The number of phosphoric acid groups is 1. The molecule has 14 heavy (non-hydrogen) atoms. The molecule has 0 unspecified atom stereocenters. The van der Waals surface area contributed by atoms with E-state index >= 15 is 0 Å². The van der Waals surface area contributed by atoms with Gasteiger partial charge in [0, 0.05) is 7.11 Å². The molecule has 0 saturated carbocycles. The van der Waals surface area contributed by atoms with Crippen LogP contribution in [0.3, 0.4) is 0 Å². The van der Waals surface area contributed by atoms with Gasteiger partial charge in [-0.2, -0.15) is 0 Å². The van der Waals surface area contributed by atoms with Gasteiger partial charge in [-0.1, -0.05) is 0 Å². The van der Waals surface area contributed by atoms with Crippen molar-refractivity contribution in [3.05, 3.63) is 0 Å². The van der Waals surface area contributed by atoms with Crippen molar-refractivity contribution in [1.82, 2.24) is 0 Å². The van der Waals surface area contributed by atoms with Crippen molar-refractivity contribution < 1.29 is 37.9 Å². The van der Waals surface area contributed by atoms with E-state index in [1.54, 1.807) is 0 Å². The number of carbonyl (C=O) groups excluding carboxylic acids is 1. The highest BCUT2D eigenvalue weighted by Gasteiger charge is 2.15. The van der Waals surface area contributed by atoms with Crippen molar-refractivity contribution in [2.24, 2.45) is 0 Å². The van der Waals surface area contributed by atoms with Gasteiger partial charge in [-0.15, -0.1) is 0 Å². The molecule has 0 spiro atoms. The van der Waals surface area contributed by atoms with Crippen LogP contribution >= 0.6 is 7.82 Å². The highest BCUT2D eigenvalue weighted by Crippen LogP contribution is 2.35. The lowest BCUT2D eigenvalue weighted by Crippen LogP contribution is -2.12. The number of methoxy groups -OCH3 is 1. The molecule has 0 aliphatic rings. The molecule has 0 heterocycles. The van der Waals surface area contributed by atoms with Crippen LogP contribution < -0.4 is 0 Å². The lowest BCUT2D eigenvalue weighted by molar-refractivity contribution is -0.0124. The molecular weight excluding hydrogens is 219 g/mol. The van der Waals surface area contributed by atoms with Crippen molar-refractivity contribution in [2.75, 3.05) is 27.1 Å². The molecule has 8 nitrogen and oxygen atoms in total. The summed E-state index contributed by atoms with van der Waals surface area (Å²) in [4.78, 5) is 26.9. The average molecular weight is 230 g/mol. The van der Waals surface area contributed by atoms with E-state index in [0.717, 1.165) is 0 Å². The van der Waals surface area contributed by atoms with Gasteiger partial charge in [0.1, 0.15) is 6.61 Å². The van der Waals surface area contributed by atoms with E-state index in [1.807, 2.05) is 0 Å². The molecule has 0 aromatic rings. The Morgan fingerprint density at radius 3 is 2.43 bits per heavy atom. The summed E-state index contributed by atoms with van der Waals surface area (Å²) in [6.07, 6.45) is -1.09. The predicted octanol–water partition coefficient (Wildman–Crippen LogP) is -0.147. The van der Waals surface area contributed by atoms with Gasteiger partial charge in [-0.25, -0.2) is 13.9 Å². The topological polar surface area (TPSA) is 112 Å². The first-order chi connectivity index (χ1) is 6.45. The molecule has 0 aliphatic carbocycles. The van der Waals surface area contributed by atoms with Crippen LogP contribution in [-0.4, -0.2) is 43.1 Å². The number of ether oxygens (including phenoxy) is 3. The lowest BCUT2D eigenvalue weighted by atomic mass is 10.8. The molecule has 0 fully saturated rings. The Bertz CT molecular complexity index is 210. The van der Waals surface area contributed by atoms with E-state index in [4.69, 9.17) is 9.79 Å². The van der Waals surface area contributed by atoms with E-state index in [0.29, 0.717) is 0 Å². The van der Waals surface area contributed by atoms with Gasteiger partial charge in [0.05, 0.1) is 6.61 Å². The average Bonchev–Trinajstić information content (AvgIpc) is 2.02. The third-order valence-corrected chi connectivity index (χ3v) is 1.35. The van der Waals surface area contributed by atoms with Crippen LogP contribution in [-0.2, 0) is 23.3 Å². The van der Waals surface area contributed by atoms with Gasteiger partial charge in [-0.05, 0) is 0 Å². The highest BCUT2D eigenvalue weighted by atomic mass is 31.2. The summed E-state index contributed by atoms with van der Waals surface area (Å²) in [6, 6.07) is 0. The lowest BCUT2D eigenvalue weighted by Gasteiger charge is -2.06. The van der Waals surface area contributed by atoms with Gasteiger partial charge in [0.25, 0.3) is 0 Å². The van der Waals surface area contributed by atoms with Crippen LogP contribution in [0.25, 0.3) is 0 Å². The second-order valence-corrected chi connectivity index (χ2v) is 3.21. The van der Waals surface area contributed by atoms with Gasteiger partial charge in [0.15, 0.2) is 0 Å². The molecular formula is C5H11O8P. The fourth-order valence-electron chi connectivity index (χ4n) is 0.393. The summed E-state index contributed by atoms with van der Waals surface area (Å²) in [7, 11) is -3.19. The summed E-state index contributed by atoms with van der Waals surface area (Å²) < 4.78 is 27.0. The Hall–Kier alpha value is -0.660. The Morgan fingerprint density at radius 1 is 1.29 bits per heavy atom. The van der Waals surface area contributed by atoms with Crippen molar-refractivity contribution in [3.8, 4) is 0 Å². The van der Waals surface area contributed by atoms with Gasteiger partial charge >= 0.3 is 14.0 Å². The Morgan fingerprint density at radius 2 is 1.93 bits per heavy atom. The summed E-state index contributed by atoms with van der Waals surface area (Å²) in [5.74, 6) is 0. The molecule has 0 amide bonds. The van der Waals surface area contributed by atoms with Crippen molar-refractivity contribution in [1.29, 1.82) is 0 Å². The highest BCUT2D eigenvalue weighted by molar-refractivity contribution is 7.46. The largest absolute Gasteiger partial charge is 0.510 e. The zero-order valence-corrected chi connectivity index (χ0v) is 8.31. The van der Waals surface area contributed by atoms with Crippen LogP contribution in [0.5, 0.6) is 0 Å². The molecule has 84 valence electrons. The van der Waals surface area contributed by atoms with Crippen LogP contribution in [0.2, 0.25) is 0 Å². The quantitative estimate of drug-likeness (QED) is 0.280. The van der Waals surface area contributed by atoms with E-state index < -0.39 is 20.8 Å². The van der Waals surface area contributed by atoms with E-state index in [9.17, 15) is 9.36 Å². The summed E-state index contributed by atoms with van der Waals surface area (Å²) in [5.41, 5.74) is 0. The minimum atomic E-state index is -4.61. The van der Waals surface area contributed by atoms with Crippen molar-refractivity contribution in [3.63, 3.8) is 0 Å². The molecule has 0 atom stereocenters. The van der Waals surface area contributed by atoms with E-state index in [2.05, 4.69) is 18.7 Å². The van der Waals surface area contributed by atoms with Gasteiger partial charge in [0.2, 0.25) is 6.79 Å². The first-order valence-corrected chi connectivity index (χ1v) is 4.97. The van der Waals surface area contributed by atoms with E-state index in [1.165, 1.54) is 7.11 Å². The minimum Gasteiger partial charge on any atom is -0.432 e. The smallest absolute Gasteiger partial charge is 0.432 e. The predicted molar refractivity (Wildman–Crippen MR) is 42.3 cm³/mol. The van der Waals surface area contributed by atoms with Gasteiger partial charge in [-0.3, -0.25) is 0 Å². The fraction of sp³-hybridized carbons (Fsp3) is 0.800.